The minimum absolute atomic E-state index is 0.284. The fraction of sp³-hybridized carbons (Fsp3) is 0.278. The lowest BCUT2D eigenvalue weighted by Crippen LogP contribution is -2.07. The van der Waals surface area contributed by atoms with Crippen molar-refractivity contribution in [2.24, 2.45) is 0 Å². The zero-order valence-electron chi connectivity index (χ0n) is 12.4. The van der Waals surface area contributed by atoms with E-state index in [1.807, 2.05) is 6.07 Å². The van der Waals surface area contributed by atoms with Crippen LogP contribution >= 0.6 is 0 Å². The lowest BCUT2D eigenvalue weighted by Gasteiger charge is -2.15. The minimum Gasteiger partial charge on any atom is -0.380 e. The molecule has 0 heterocycles. The maximum atomic E-state index is 13.8. The zero-order chi connectivity index (χ0) is 15.2. The van der Waals surface area contributed by atoms with Gasteiger partial charge in [-0.05, 0) is 42.2 Å². The van der Waals surface area contributed by atoms with Gasteiger partial charge in [0, 0.05) is 17.8 Å². The molecule has 108 valence electrons. The van der Waals surface area contributed by atoms with Crippen LogP contribution in [-0.2, 0) is 19.4 Å². The van der Waals surface area contributed by atoms with Crippen molar-refractivity contribution in [3.8, 4) is 6.07 Å². The Bertz CT molecular complexity index is 649. The van der Waals surface area contributed by atoms with Gasteiger partial charge >= 0.3 is 0 Å². The Morgan fingerprint density at radius 2 is 1.71 bits per heavy atom. The average Bonchev–Trinajstić information content (AvgIpc) is 2.53. The number of anilines is 1. The van der Waals surface area contributed by atoms with E-state index in [2.05, 4.69) is 37.4 Å². The first kappa shape index (κ1) is 15.1. The standard InChI is InChI=1S/C18H19FN2/c1-3-14-6-5-7-15(4-2)18(14)21-12-16-10-13(11-20)8-9-17(16)19/h5-10,21H,3-4,12H2,1-2H3. The quantitative estimate of drug-likeness (QED) is 0.880. The highest BCUT2D eigenvalue weighted by molar-refractivity contribution is 5.58. The number of para-hydroxylation sites is 1. The van der Waals surface area contributed by atoms with Gasteiger partial charge in [0.05, 0.1) is 11.6 Å². The van der Waals surface area contributed by atoms with Crippen molar-refractivity contribution in [1.82, 2.24) is 0 Å². The van der Waals surface area contributed by atoms with Crippen molar-refractivity contribution in [3.05, 3.63) is 64.5 Å². The van der Waals surface area contributed by atoms with E-state index >= 15 is 0 Å². The number of hydrogen-bond acceptors (Lipinski definition) is 2. The molecule has 0 atom stereocenters. The largest absolute Gasteiger partial charge is 0.380 e. The van der Waals surface area contributed by atoms with Gasteiger partial charge in [-0.25, -0.2) is 4.39 Å². The monoisotopic (exact) mass is 282 g/mol. The second kappa shape index (κ2) is 6.90. The van der Waals surface area contributed by atoms with Crippen LogP contribution in [-0.4, -0.2) is 0 Å². The number of benzene rings is 2. The molecule has 1 N–H and O–H groups in total. The van der Waals surface area contributed by atoms with Crippen molar-refractivity contribution in [2.75, 3.05) is 5.32 Å². The first-order valence-corrected chi connectivity index (χ1v) is 7.22. The van der Waals surface area contributed by atoms with Crippen LogP contribution in [0.4, 0.5) is 10.1 Å². The second-order valence-electron chi connectivity index (χ2n) is 4.93. The molecule has 0 aliphatic heterocycles. The van der Waals surface area contributed by atoms with Crippen molar-refractivity contribution in [1.29, 1.82) is 5.26 Å². The van der Waals surface area contributed by atoms with E-state index in [1.165, 1.54) is 23.3 Å². The third-order valence-corrected chi connectivity index (χ3v) is 3.63. The summed E-state index contributed by atoms with van der Waals surface area (Å²) in [6, 6.07) is 12.7. The van der Waals surface area contributed by atoms with E-state index in [9.17, 15) is 4.39 Å². The number of hydrogen-bond donors (Lipinski definition) is 1. The number of nitrogens with zero attached hydrogens (tertiary/aromatic N) is 1. The Labute approximate surface area is 125 Å². The highest BCUT2D eigenvalue weighted by Crippen LogP contribution is 2.23. The third kappa shape index (κ3) is 3.41. The Kier molecular flexibility index (Phi) is 4.94. The molecular weight excluding hydrogens is 263 g/mol. The highest BCUT2D eigenvalue weighted by Gasteiger charge is 2.08. The van der Waals surface area contributed by atoms with Crippen LogP contribution in [0.5, 0.6) is 0 Å². The fourth-order valence-corrected chi connectivity index (χ4v) is 2.43. The summed E-state index contributed by atoms with van der Waals surface area (Å²) in [6.07, 6.45) is 1.85. The van der Waals surface area contributed by atoms with Crippen LogP contribution in [0, 0.1) is 17.1 Å². The van der Waals surface area contributed by atoms with Gasteiger partial charge in [-0.3, -0.25) is 0 Å². The van der Waals surface area contributed by atoms with E-state index in [4.69, 9.17) is 5.26 Å². The molecule has 21 heavy (non-hydrogen) atoms. The molecule has 0 saturated carbocycles. The summed E-state index contributed by atoms with van der Waals surface area (Å²) < 4.78 is 13.8. The van der Waals surface area contributed by atoms with Crippen LogP contribution < -0.4 is 5.32 Å². The minimum atomic E-state index is -0.284. The third-order valence-electron chi connectivity index (χ3n) is 3.63. The van der Waals surface area contributed by atoms with Gasteiger partial charge in [0.15, 0.2) is 0 Å². The molecule has 0 bridgehead atoms. The number of rotatable bonds is 5. The molecule has 0 fully saturated rings. The molecule has 2 aromatic rings. The summed E-state index contributed by atoms with van der Waals surface area (Å²) in [4.78, 5) is 0. The van der Waals surface area contributed by atoms with Gasteiger partial charge < -0.3 is 5.32 Å². The molecule has 2 aromatic carbocycles. The maximum Gasteiger partial charge on any atom is 0.128 e. The molecule has 0 saturated heterocycles. The molecule has 0 spiro atoms. The average molecular weight is 282 g/mol. The van der Waals surface area contributed by atoms with E-state index in [0.29, 0.717) is 17.7 Å². The summed E-state index contributed by atoms with van der Waals surface area (Å²) in [5.41, 5.74) is 4.54. The molecule has 0 radical (unpaired) electrons. The number of nitriles is 1. The van der Waals surface area contributed by atoms with Crippen LogP contribution in [0.1, 0.15) is 36.1 Å². The Balaban J connectivity index is 2.26. The van der Waals surface area contributed by atoms with Crippen molar-refractivity contribution < 1.29 is 4.39 Å². The normalized spacial score (nSPS) is 10.2. The van der Waals surface area contributed by atoms with E-state index < -0.39 is 0 Å². The molecular formula is C18H19FN2. The molecule has 0 amide bonds. The summed E-state index contributed by atoms with van der Waals surface area (Å²) in [5, 5.41) is 12.3. The molecule has 0 aliphatic carbocycles. The van der Waals surface area contributed by atoms with Gasteiger partial charge in [-0.2, -0.15) is 5.26 Å². The summed E-state index contributed by atoms with van der Waals surface area (Å²) in [6.45, 7) is 4.60. The Morgan fingerprint density at radius 1 is 1.05 bits per heavy atom. The van der Waals surface area contributed by atoms with Gasteiger partial charge in [0.2, 0.25) is 0 Å². The van der Waals surface area contributed by atoms with Crippen LogP contribution in [0.2, 0.25) is 0 Å². The zero-order valence-corrected chi connectivity index (χ0v) is 12.4. The Hall–Kier alpha value is -2.34. The summed E-state index contributed by atoms with van der Waals surface area (Å²) in [5.74, 6) is -0.284. The van der Waals surface area contributed by atoms with Gasteiger partial charge in [0.1, 0.15) is 5.82 Å². The molecule has 0 aromatic heterocycles. The predicted molar refractivity (Wildman–Crippen MR) is 83.6 cm³/mol. The molecule has 0 aliphatic rings. The summed E-state index contributed by atoms with van der Waals surface area (Å²) in [7, 11) is 0. The molecule has 2 nitrogen and oxygen atoms in total. The fourth-order valence-electron chi connectivity index (χ4n) is 2.43. The first-order chi connectivity index (χ1) is 10.2. The molecule has 0 unspecified atom stereocenters. The van der Waals surface area contributed by atoms with Gasteiger partial charge in [-0.15, -0.1) is 0 Å². The number of nitrogens with one attached hydrogen (secondary N) is 1. The lowest BCUT2D eigenvalue weighted by atomic mass is 10.0. The predicted octanol–water partition coefficient (Wildman–Crippen LogP) is 4.43. The number of aryl methyl sites for hydroxylation is 2. The highest BCUT2D eigenvalue weighted by atomic mass is 19.1. The maximum absolute atomic E-state index is 13.8. The van der Waals surface area contributed by atoms with Crippen LogP contribution in [0.15, 0.2) is 36.4 Å². The van der Waals surface area contributed by atoms with Gasteiger partial charge in [0.25, 0.3) is 0 Å². The topological polar surface area (TPSA) is 35.8 Å². The summed E-state index contributed by atoms with van der Waals surface area (Å²) >= 11 is 0. The first-order valence-electron chi connectivity index (χ1n) is 7.22. The smallest absolute Gasteiger partial charge is 0.128 e. The van der Waals surface area contributed by atoms with E-state index in [-0.39, 0.29) is 5.82 Å². The second-order valence-corrected chi connectivity index (χ2v) is 4.93. The lowest BCUT2D eigenvalue weighted by molar-refractivity contribution is 0.612. The molecule has 3 heteroatoms. The van der Waals surface area contributed by atoms with Crippen molar-refractivity contribution >= 4 is 5.69 Å². The van der Waals surface area contributed by atoms with Crippen molar-refractivity contribution in [3.63, 3.8) is 0 Å². The van der Waals surface area contributed by atoms with Crippen molar-refractivity contribution in [2.45, 2.75) is 33.2 Å². The Morgan fingerprint density at radius 3 is 2.29 bits per heavy atom. The van der Waals surface area contributed by atoms with Crippen LogP contribution in [0.25, 0.3) is 0 Å². The van der Waals surface area contributed by atoms with Crippen LogP contribution in [0.3, 0.4) is 0 Å². The molecule has 2 rings (SSSR count). The number of halogens is 1. The SMILES string of the molecule is CCc1cccc(CC)c1NCc1cc(C#N)ccc1F. The van der Waals surface area contributed by atoms with E-state index in [0.717, 1.165) is 18.5 Å². The van der Waals surface area contributed by atoms with Gasteiger partial charge in [-0.1, -0.05) is 32.0 Å². The van der Waals surface area contributed by atoms with E-state index in [1.54, 1.807) is 6.07 Å².